The zero-order chi connectivity index (χ0) is 12.5. The molecule has 7 heteroatoms. The zero-order valence-electron chi connectivity index (χ0n) is 10.1. The van der Waals surface area contributed by atoms with E-state index in [0.717, 1.165) is 19.4 Å². The molecule has 1 aromatic rings. The molecule has 6 nitrogen and oxygen atoms in total. The maximum absolute atomic E-state index is 12.2. The van der Waals surface area contributed by atoms with Crippen LogP contribution in [0.3, 0.4) is 0 Å². The van der Waals surface area contributed by atoms with E-state index in [1.165, 1.54) is 0 Å². The fraction of sp³-hybridized carbons (Fsp3) is 0.700. The van der Waals surface area contributed by atoms with E-state index in [9.17, 15) is 8.42 Å². The Kier molecular flexibility index (Phi) is 3.50. The van der Waals surface area contributed by atoms with Gasteiger partial charge in [0, 0.05) is 12.6 Å². The number of H-pyrrole nitrogens is 1. The van der Waals surface area contributed by atoms with Crippen LogP contribution in [0.4, 0.5) is 0 Å². The molecule has 2 heterocycles. The van der Waals surface area contributed by atoms with E-state index in [0.29, 0.717) is 17.9 Å². The summed E-state index contributed by atoms with van der Waals surface area (Å²) < 4.78 is 27.1. The molecule has 1 atom stereocenters. The van der Waals surface area contributed by atoms with Crippen LogP contribution in [0, 0.1) is 13.8 Å². The Morgan fingerprint density at radius 1 is 1.41 bits per heavy atom. The highest BCUT2D eigenvalue weighted by molar-refractivity contribution is 7.89. The Labute approximate surface area is 101 Å². The summed E-state index contributed by atoms with van der Waals surface area (Å²) in [5.41, 5.74) is 1.09. The largest absolute Gasteiger partial charge is 0.315 e. The molecule has 1 aromatic heterocycles. The number of aryl methyl sites for hydroxylation is 2. The third-order valence-corrected chi connectivity index (χ3v) is 4.73. The molecular formula is C10H18N4O2S. The number of rotatable bonds is 3. The third-order valence-electron chi connectivity index (χ3n) is 2.95. The predicted molar refractivity (Wildman–Crippen MR) is 64.3 cm³/mol. The van der Waals surface area contributed by atoms with Gasteiger partial charge in [0.2, 0.25) is 10.0 Å². The zero-order valence-corrected chi connectivity index (χ0v) is 10.9. The van der Waals surface area contributed by atoms with E-state index in [2.05, 4.69) is 20.2 Å². The van der Waals surface area contributed by atoms with Gasteiger partial charge in [0.25, 0.3) is 0 Å². The van der Waals surface area contributed by atoms with Crippen LogP contribution in [0.15, 0.2) is 4.90 Å². The van der Waals surface area contributed by atoms with Crippen molar-refractivity contribution in [2.75, 3.05) is 13.1 Å². The summed E-state index contributed by atoms with van der Waals surface area (Å²) >= 11 is 0. The Balaban J connectivity index is 2.19. The average molecular weight is 258 g/mol. The van der Waals surface area contributed by atoms with Crippen LogP contribution in [-0.4, -0.2) is 37.7 Å². The van der Waals surface area contributed by atoms with E-state index in [1.807, 2.05) is 0 Å². The van der Waals surface area contributed by atoms with Crippen molar-refractivity contribution in [3.63, 3.8) is 0 Å². The summed E-state index contributed by atoms with van der Waals surface area (Å²) in [5.74, 6) is 0. The van der Waals surface area contributed by atoms with Gasteiger partial charge in [-0.05, 0) is 33.2 Å². The summed E-state index contributed by atoms with van der Waals surface area (Å²) in [6.45, 7) is 5.06. The first-order valence-electron chi connectivity index (χ1n) is 5.75. The lowest BCUT2D eigenvalue weighted by atomic mass is 10.1. The van der Waals surface area contributed by atoms with E-state index in [1.54, 1.807) is 13.8 Å². The quantitative estimate of drug-likeness (QED) is 0.715. The van der Waals surface area contributed by atoms with Gasteiger partial charge >= 0.3 is 0 Å². The maximum atomic E-state index is 12.2. The monoisotopic (exact) mass is 258 g/mol. The Morgan fingerprint density at radius 3 is 2.71 bits per heavy atom. The highest BCUT2D eigenvalue weighted by Gasteiger charge is 2.26. The van der Waals surface area contributed by atoms with Crippen molar-refractivity contribution >= 4 is 10.0 Å². The summed E-state index contributed by atoms with van der Waals surface area (Å²) in [5, 5.41) is 9.79. The molecule has 1 fully saturated rings. The van der Waals surface area contributed by atoms with Crippen molar-refractivity contribution in [1.82, 2.24) is 20.2 Å². The summed E-state index contributed by atoms with van der Waals surface area (Å²) in [6.07, 6.45) is 1.87. The van der Waals surface area contributed by atoms with Gasteiger partial charge in [0.05, 0.1) is 11.4 Å². The number of piperidine rings is 1. The molecular weight excluding hydrogens is 240 g/mol. The molecule has 2 rings (SSSR count). The fourth-order valence-corrected chi connectivity index (χ4v) is 3.81. The van der Waals surface area contributed by atoms with Gasteiger partial charge in [-0.15, -0.1) is 0 Å². The van der Waals surface area contributed by atoms with Crippen molar-refractivity contribution in [1.29, 1.82) is 0 Å². The van der Waals surface area contributed by atoms with Crippen molar-refractivity contribution in [3.8, 4) is 0 Å². The number of hydrogen-bond acceptors (Lipinski definition) is 4. The topological polar surface area (TPSA) is 86.9 Å². The van der Waals surface area contributed by atoms with Crippen LogP contribution in [0.2, 0.25) is 0 Å². The van der Waals surface area contributed by atoms with Crippen molar-refractivity contribution in [3.05, 3.63) is 11.4 Å². The number of nitrogens with zero attached hydrogens (tertiary/aromatic N) is 1. The van der Waals surface area contributed by atoms with Crippen LogP contribution in [0.1, 0.15) is 24.2 Å². The molecule has 0 aromatic carbocycles. The first-order chi connectivity index (χ1) is 8.00. The molecule has 1 saturated heterocycles. The van der Waals surface area contributed by atoms with Gasteiger partial charge < -0.3 is 5.32 Å². The summed E-state index contributed by atoms with van der Waals surface area (Å²) in [7, 11) is -3.46. The molecule has 0 amide bonds. The first kappa shape index (κ1) is 12.5. The Morgan fingerprint density at radius 2 is 2.18 bits per heavy atom. The highest BCUT2D eigenvalue weighted by atomic mass is 32.2. The lowest BCUT2D eigenvalue weighted by Gasteiger charge is -2.23. The van der Waals surface area contributed by atoms with Crippen LogP contribution in [0.25, 0.3) is 0 Å². The minimum absolute atomic E-state index is 0.0255. The average Bonchev–Trinajstić information content (AvgIpc) is 2.59. The minimum atomic E-state index is -3.46. The first-order valence-corrected chi connectivity index (χ1v) is 7.23. The van der Waals surface area contributed by atoms with Gasteiger partial charge in [0.1, 0.15) is 4.90 Å². The Hall–Kier alpha value is -0.920. The SMILES string of the molecule is Cc1n[nH]c(C)c1S(=O)(=O)N[C@H]1CCCNC1. The summed E-state index contributed by atoms with van der Waals surface area (Å²) in [4.78, 5) is 0.281. The number of aromatic amines is 1. The molecule has 96 valence electrons. The van der Waals surface area contributed by atoms with Crippen LogP contribution >= 0.6 is 0 Å². The highest BCUT2D eigenvalue weighted by Crippen LogP contribution is 2.17. The smallest absolute Gasteiger partial charge is 0.244 e. The fourth-order valence-electron chi connectivity index (χ4n) is 2.17. The molecule has 0 spiro atoms. The van der Waals surface area contributed by atoms with Gasteiger partial charge in [-0.2, -0.15) is 5.10 Å². The molecule has 0 aliphatic carbocycles. The third kappa shape index (κ3) is 2.67. The lowest BCUT2D eigenvalue weighted by molar-refractivity contribution is 0.428. The second kappa shape index (κ2) is 4.75. The second-order valence-corrected chi connectivity index (χ2v) is 6.08. The van der Waals surface area contributed by atoms with Gasteiger partial charge in [-0.1, -0.05) is 0 Å². The standard InChI is InChI=1S/C10H18N4O2S/c1-7-10(8(2)13-12-7)17(15,16)14-9-4-3-5-11-6-9/h9,11,14H,3-6H2,1-2H3,(H,12,13)/t9-/m0/s1. The second-order valence-electron chi connectivity index (χ2n) is 4.43. The molecule has 0 unspecified atom stereocenters. The van der Waals surface area contributed by atoms with Crippen LogP contribution < -0.4 is 10.0 Å². The molecule has 1 aliphatic rings. The van der Waals surface area contributed by atoms with Crippen LogP contribution in [0.5, 0.6) is 0 Å². The molecule has 0 radical (unpaired) electrons. The lowest BCUT2D eigenvalue weighted by Crippen LogP contribution is -2.45. The molecule has 1 aliphatic heterocycles. The predicted octanol–water partition coefficient (Wildman–Crippen LogP) is 0.0568. The van der Waals surface area contributed by atoms with E-state index in [4.69, 9.17) is 0 Å². The number of nitrogens with one attached hydrogen (secondary N) is 3. The van der Waals surface area contributed by atoms with Crippen molar-refractivity contribution in [2.24, 2.45) is 0 Å². The van der Waals surface area contributed by atoms with Crippen molar-refractivity contribution < 1.29 is 8.42 Å². The Bertz CT molecular complexity index is 469. The van der Waals surface area contributed by atoms with Crippen molar-refractivity contribution in [2.45, 2.75) is 37.6 Å². The van der Waals surface area contributed by atoms with Gasteiger partial charge in [-0.25, -0.2) is 13.1 Å². The normalized spacial score (nSPS) is 21.6. The number of hydrogen-bond donors (Lipinski definition) is 3. The van der Waals surface area contributed by atoms with E-state index < -0.39 is 10.0 Å². The molecule has 0 bridgehead atoms. The van der Waals surface area contributed by atoms with Gasteiger partial charge in [-0.3, -0.25) is 5.10 Å². The number of sulfonamides is 1. The molecule has 3 N–H and O–H groups in total. The molecule has 17 heavy (non-hydrogen) atoms. The molecule has 0 saturated carbocycles. The maximum Gasteiger partial charge on any atom is 0.244 e. The van der Waals surface area contributed by atoms with Gasteiger partial charge in [0.15, 0.2) is 0 Å². The number of aromatic nitrogens is 2. The van der Waals surface area contributed by atoms with Crippen LogP contribution in [-0.2, 0) is 10.0 Å². The van der Waals surface area contributed by atoms with E-state index >= 15 is 0 Å². The summed E-state index contributed by atoms with van der Waals surface area (Å²) in [6, 6.07) is -0.0255. The minimum Gasteiger partial charge on any atom is -0.315 e. The van der Waals surface area contributed by atoms with E-state index in [-0.39, 0.29) is 10.9 Å².